The average Bonchev–Trinajstić information content (AvgIpc) is 2.89. The van der Waals surface area contributed by atoms with Gasteiger partial charge in [0.05, 0.1) is 12.6 Å². The van der Waals surface area contributed by atoms with Crippen LogP contribution in [0.1, 0.15) is 22.3 Å². The van der Waals surface area contributed by atoms with Gasteiger partial charge in [-0.25, -0.2) is 0 Å². The summed E-state index contributed by atoms with van der Waals surface area (Å²) in [4.78, 5) is 4.73. The van der Waals surface area contributed by atoms with E-state index in [-0.39, 0.29) is 6.04 Å². The molecule has 158 valence electrons. The molecule has 4 rings (SSSR count). The molecular weight excluding hydrogens is 390 g/mol. The number of aliphatic imine (C=N–C) groups is 1. The largest absolute Gasteiger partial charge is 0.358 e. The minimum atomic E-state index is -0.757. The molecule has 0 spiro atoms. The van der Waals surface area contributed by atoms with Crippen LogP contribution >= 0.6 is 0 Å². The van der Waals surface area contributed by atoms with Crippen LogP contribution < -0.4 is 0 Å². The lowest BCUT2D eigenvalue weighted by molar-refractivity contribution is 0.0106. The molecule has 0 bridgehead atoms. The Balaban J connectivity index is 1.74. The van der Waals surface area contributed by atoms with Crippen LogP contribution in [0.25, 0.3) is 0 Å². The summed E-state index contributed by atoms with van der Waals surface area (Å²) in [5, 5.41) is 0. The van der Waals surface area contributed by atoms with Gasteiger partial charge in [-0.1, -0.05) is 127 Å². The van der Waals surface area contributed by atoms with Crippen molar-refractivity contribution in [2.24, 2.45) is 4.99 Å². The maximum atomic E-state index is 6.84. The van der Waals surface area contributed by atoms with E-state index in [1.807, 2.05) is 60.8 Å². The van der Waals surface area contributed by atoms with Gasteiger partial charge < -0.3 is 4.74 Å². The highest BCUT2D eigenvalue weighted by Crippen LogP contribution is 2.40. The Bertz CT molecular complexity index is 1030. The molecule has 0 aliphatic rings. The van der Waals surface area contributed by atoms with E-state index in [1.54, 1.807) is 0 Å². The Morgan fingerprint density at radius 3 is 1.47 bits per heavy atom. The van der Waals surface area contributed by atoms with Crippen molar-refractivity contribution in [1.29, 1.82) is 0 Å². The molecule has 0 aromatic heterocycles. The van der Waals surface area contributed by atoms with Crippen LogP contribution in [0.3, 0.4) is 0 Å². The summed E-state index contributed by atoms with van der Waals surface area (Å²) in [5.41, 5.74) is 3.53. The van der Waals surface area contributed by atoms with Crippen molar-refractivity contribution >= 4 is 6.21 Å². The van der Waals surface area contributed by atoms with E-state index in [0.717, 1.165) is 22.3 Å². The first-order valence-electron chi connectivity index (χ1n) is 10.8. The third kappa shape index (κ3) is 4.77. The highest BCUT2D eigenvalue weighted by atomic mass is 16.5. The van der Waals surface area contributed by atoms with E-state index in [1.165, 1.54) is 0 Å². The van der Waals surface area contributed by atoms with Crippen molar-refractivity contribution in [3.05, 3.63) is 156 Å². The number of hydrogen-bond donors (Lipinski definition) is 0. The van der Waals surface area contributed by atoms with Crippen molar-refractivity contribution in [2.45, 2.75) is 11.6 Å². The zero-order chi connectivity index (χ0) is 22.1. The zero-order valence-corrected chi connectivity index (χ0v) is 18.0. The summed E-state index contributed by atoms with van der Waals surface area (Å²) in [7, 11) is 0. The van der Waals surface area contributed by atoms with E-state index in [0.29, 0.717) is 6.61 Å². The molecule has 0 fully saturated rings. The molecule has 2 nitrogen and oxygen atoms in total. The highest BCUT2D eigenvalue weighted by molar-refractivity contribution is 5.79. The Morgan fingerprint density at radius 1 is 0.656 bits per heavy atom. The van der Waals surface area contributed by atoms with Crippen molar-refractivity contribution in [1.82, 2.24) is 0 Å². The summed E-state index contributed by atoms with van der Waals surface area (Å²) in [6.07, 6.45) is 3.72. The van der Waals surface area contributed by atoms with E-state index in [9.17, 15) is 0 Å². The monoisotopic (exact) mass is 417 g/mol. The molecule has 4 aromatic carbocycles. The lowest BCUT2D eigenvalue weighted by Gasteiger charge is -2.36. The Kier molecular flexibility index (Phi) is 7.06. The van der Waals surface area contributed by atoms with Crippen molar-refractivity contribution in [3.63, 3.8) is 0 Å². The Labute approximate surface area is 190 Å². The second-order valence-electron chi connectivity index (χ2n) is 7.58. The van der Waals surface area contributed by atoms with Crippen LogP contribution in [-0.4, -0.2) is 18.9 Å². The molecular formula is C30H27NO. The smallest absolute Gasteiger partial charge is 0.143 e. The molecule has 0 radical (unpaired) electrons. The van der Waals surface area contributed by atoms with Crippen molar-refractivity contribution in [2.75, 3.05) is 6.61 Å². The predicted octanol–water partition coefficient (Wildman–Crippen LogP) is 6.67. The molecule has 0 N–H and O–H groups in total. The third-order valence-electron chi connectivity index (χ3n) is 5.50. The minimum absolute atomic E-state index is 0.175. The van der Waals surface area contributed by atoms with Crippen LogP contribution in [0.5, 0.6) is 0 Å². The van der Waals surface area contributed by atoms with Crippen LogP contribution in [-0.2, 0) is 10.3 Å². The summed E-state index contributed by atoms with van der Waals surface area (Å²) in [6, 6.07) is 41.0. The fourth-order valence-electron chi connectivity index (χ4n) is 3.87. The second-order valence-corrected chi connectivity index (χ2v) is 7.58. The van der Waals surface area contributed by atoms with Crippen LogP contribution in [0.4, 0.5) is 0 Å². The molecule has 0 aliphatic heterocycles. The fourth-order valence-corrected chi connectivity index (χ4v) is 3.87. The highest BCUT2D eigenvalue weighted by Gasteiger charge is 2.37. The van der Waals surface area contributed by atoms with E-state index in [4.69, 9.17) is 9.73 Å². The van der Waals surface area contributed by atoms with Gasteiger partial charge in [0.2, 0.25) is 0 Å². The number of ether oxygens (including phenoxy) is 1. The predicted molar refractivity (Wildman–Crippen MR) is 133 cm³/mol. The van der Waals surface area contributed by atoms with Crippen molar-refractivity contribution < 1.29 is 4.74 Å². The topological polar surface area (TPSA) is 21.6 Å². The first-order chi connectivity index (χ1) is 15.8. The molecule has 2 heteroatoms. The third-order valence-corrected chi connectivity index (χ3v) is 5.50. The summed E-state index contributed by atoms with van der Waals surface area (Å²) in [6.45, 7) is 4.39. The van der Waals surface area contributed by atoms with Gasteiger partial charge in [0.1, 0.15) is 5.60 Å². The molecule has 1 atom stereocenters. The number of rotatable bonds is 9. The molecule has 0 heterocycles. The molecule has 32 heavy (non-hydrogen) atoms. The normalized spacial score (nSPS) is 12.5. The summed E-state index contributed by atoms with van der Waals surface area (Å²) >= 11 is 0. The van der Waals surface area contributed by atoms with Gasteiger partial charge in [-0.2, -0.15) is 0 Å². The summed E-state index contributed by atoms with van der Waals surface area (Å²) in [5.74, 6) is 0. The van der Waals surface area contributed by atoms with Crippen LogP contribution in [0.2, 0.25) is 0 Å². The van der Waals surface area contributed by atoms with Crippen LogP contribution in [0.15, 0.2) is 139 Å². The minimum Gasteiger partial charge on any atom is -0.358 e. The molecule has 1 unspecified atom stereocenters. The van der Waals surface area contributed by atoms with Gasteiger partial charge in [-0.3, -0.25) is 4.99 Å². The van der Waals surface area contributed by atoms with Gasteiger partial charge in [0, 0.05) is 6.21 Å². The molecule has 0 saturated carbocycles. The van der Waals surface area contributed by atoms with Crippen molar-refractivity contribution in [3.8, 4) is 0 Å². The summed E-state index contributed by atoms with van der Waals surface area (Å²) < 4.78 is 6.84. The lowest BCUT2D eigenvalue weighted by Crippen LogP contribution is -2.35. The Morgan fingerprint density at radius 2 is 1.06 bits per heavy atom. The SMILES string of the molecule is C=CC(COC(c1ccccc1)(c1ccccc1)c1ccccc1)N=Cc1ccccc1. The number of hydrogen-bond acceptors (Lipinski definition) is 2. The Hall–Kier alpha value is -3.75. The van der Waals surface area contributed by atoms with Gasteiger partial charge in [0.25, 0.3) is 0 Å². The van der Waals surface area contributed by atoms with E-state index < -0.39 is 5.60 Å². The fraction of sp³-hybridized carbons (Fsp3) is 0.100. The zero-order valence-electron chi connectivity index (χ0n) is 18.0. The van der Waals surface area contributed by atoms with Gasteiger partial charge in [0.15, 0.2) is 0 Å². The van der Waals surface area contributed by atoms with Gasteiger partial charge in [-0.05, 0) is 22.3 Å². The second kappa shape index (κ2) is 10.5. The quantitative estimate of drug-likeness (QED) is 0.169. The van der Waals surface area contributed by atoms with Gasteiger partial charge in [-0.15, -0.1) is 6.58 Å². The first-order valence-corrected chi connectivity index (χ1v) is 10.8. The molecule has 0 saturated heterocycles. The maximum Gasteiger partial charge on any atom is 0.143 e. The van der Waals surface area contributed by atoms with E-state index >= 15 is 0 Å². The molecule has 0 aliphatic carbocycles. The standard InChI is InChI=1S/C30H27NO/c1-2-29(31-23-25-15-7-3-8-16-25)24-32-30(26-17-9-4-10-18-26,27-19-11-5-12-20-27)28-21-13-6-14-22-28/h2-23,29H,1,24H2. The average molecular weight is 418 g/mol. The van der Waals surface area contributed by atoms with Gasteiger partial charge >= 0.3 is 0 Å². The lowest BCUT2D eigenvalue weighted by atomic mass is 9.80. The first kappa shape index (κ1) is 21.5. The maximum absolute atomic E-state index is 6.84. The number of benzene rings is 4. The van der Waals surface area contributed by atoms with E-state index in [2.05, 4.69) is 79.4 Å². The molecule has 0 amide bonds. The molecule has 4 aromatic rings. The number of nitrogens with zero attached hydrogens (tertiary/aromatic N) is 1. The van der Waals surface area contributed by atoms with Crippen LogP contribution in [0, 0.1) is 0 Å².